The number of hydrogen-bond acceptors (Lipinski definition) is 7. The molecule has 4 aromatic rings. The van der Waals surface area contributed by atoms with E-state index in [-0.39, 0.29) is 24.8 Å². The molecule has 1 aliphatic carbocycles. The molecule has 0 bridgehead atoms. The Balaban J connectivity index is 1.23. The van der Waals surface area contributed by atoms with Crippen LogP contribution < -0.4 is 24.3 Å². The van der Waals surface area contributed by atoms with Gasteiger partial charge in [-0.2, -0.15) is 0 Å². The van der Waals surface area contributed by atoms with Crippen molar-refractivity contribution in [2.24, 2.45) is 11.8 Å². The summed E-state index contributed by atoms with van der Waals surface area (Å²) in [6, 6.07) is 29.0. The molecule has 0 unspecified atom stereocenters. The number of nitrogens with zero attached hydrogens (tertiary/aromatic N) is 1. The molecule has 0 aromatic heterocycles. The number of rotatable bonds is 9. The van der Waals surface area contributed by atoms with Gasteiger partial charge in [-0.25, -0.2) is 4.79 Å². The summed E-state index contributed by atoms with van der Waals surface area (Å²) in [5, 5.41) is 3.09. The summed E-state index contributed by atoms with van der Waals surface area (Å²) in [7, 11) is 3.15. The number of carbonyl (C=O) groups excluding carboxylic acids is 3. The summed E-state index contributed by atoms with van der Waals surface area (Å²) in [5.74, 6) is 1.03. The number of amides is 3. The molecule has 4 aromatic carbocycles. The Morgan fingerprint density at radius 3 is 1.98 bits per heavy atom. The average molecular weight is 605 g/mol. The van der Waals surface area contributed by atoms with Gasteiger partial charge in [0.25, 0.3) is 5.91 Å². The summed E-state index contributed by atoms with van der Waals surface area (Å²) in [5.41, 5.74) is 1.28. The van der Waals surface area contributed by atoms with Gasteiger partial charge in [0.15, 0.2) is 0 Å². The predicted octanol–water partition coefficient (Wildman–Crippen LogP) is 6.06. The van der Waals surface area contributed by atoms with Crippen molar-refractivity contribution in [3.8, 4) is 28.7 Å². The monoisotopic (exact) mass is 604 g/mol. The third-order valence-corrected chi connectivity index (χ3v) is 9.04. The Kier molecular flexibility index (Phi) is 7.16. The largest absolute Gasteiger partial charge is 0.497 e. The van der Waals surface area contributed by atoms with Crippen molar-refractivity contribution in [2.45, 2.75) is 30.8 Å². The van der Waals surface area contributed by atoms with E-state index in [0.29, 0.717) is 35.2 Å². The minimum atomic E-state index is -1.34. The molecule has 1 saturated heterocycles. The molecule has 9 nitrogen and oxygen atoms in total. The maximum atomic E-state index is 14.6. The maximum absolute atomic E-state index is 14.6. The van der Waals surface area contributed by atoms with Gasteiger partial charge in [-0.3, -0.25) is 14.5 Å². The van der Waals surface area contributed by atoms with Crippen LogP contribution in [0, 0.1) is 11.8 Å². The first-order chi connectivity index (χ1) is 21.9. The number of urea groups is 1. The number of para-hydroxylation sites is 2. The quantitative estimate of drug-likeness (QED) is 0.141. The van der Waals surface area contributed by atoms with Crippen LogP contribution in [0.3, 0.4) is 0 Å². The second-order valence-electron chi connectivity index (χ2n) is 11.6. The van der Waals surface area contributed by atoms with E-state index in [9.17, 15) is 14.4 Å². The molecule has 3 atom stereocenters. The molecule has 1 N–H and O–H groups in total. The van der Waals surface area contributed by atoms with E-state index in [4.69, 9.17) is 18.9 Å². The lowest BCUT2D eigenvalue weighted by Crippen LogP contribution is -2.51. The highest BCUT2D eigenvalue weighted by Gasteiger charge is 2.66. The Labute approximate surface area is 260 Å². The molecule has 1 saturated carbocycles. The zero-order valence-corrected chi connectivity index (χ0v) is 24.9. The second-order valence-corrected chi connectivity index (χ2v) is 11.6. The van der Waals surface area contributed by atoms with Crippen LogP contribution in [0.1, 0.15) is 35.4 Å². The second kappa shape index (κ2) is 11.3. The lowest BCUT2D eigenvalue weighted by Gasteiger charge is -2.35. The molecule has 9 heteroatoms. The Bertz CT molecular complexity index is 1730. The average Bonchev–Trinajstić information content (AvgIpc) is 3.85. The first kappa shape index (κ1) is 28.5. The summed E-state index contributed by atoms with van der Waals surface area (Å²) in [6.45, 7) is 0.0883. The third kappa shape index (κ3) is 5.14. The highest BCUT2D eigenvalue weighted by atomic mass is 16.5. The van der Waals surface area contributed by atoms with Crippen LogP contribution in [0.25, 0.3) is 0 Å². The molecular formula is C36H32N2O7. The van der Waals surface area contributed by atoms with Crippen LogP contribution in [0.4, 0.5) is 4.79 Å². The minimum absolute atomic E-state index is 0.0883. The van der Waals surface area contributed by atoms with Gasteiger partial charge in [0.1, 0.15) is 34.3 Å². The van der Waals surface area contributed by atoms with Gasteiger partial charge in [0.2, 0.25) is 0 Å². The summed E-state index contributed by atoms with van der Waals surface area (Å²) >= 11 is 0. The van der Waals surface area contributed by atoms with Crippen LogP contribution in [0.15, 0.2) is 97.1 Å². The predicted molar refractivity (Wildman–Crippen MR) is 164 cm³/mol. The Hall–Kier alpha value is -5.31. The molecule has 3 amide bonds. The summed E-state index contributed by atoms with van der Waals surface area (Å²) in [6.07, 6.45) is 0.662. The van der Waals surface area contributed by atoms with Crippen LogP contribution in [0.2, 0.25) is 0 Å². The van der Waals surface area contributed by atoms with Crippen molar-refractivity contribution in [1.29, 1.82) is 0 Å². The van der Waals surface area contributed by atoms with E-state index in [1.165, 1.54) is 4.90 Å². The number of benzene rings is 4. The van der Waals surface area contributed by atoms with Crippen LogP contribution >= 0.6 is 0 Å². The Morgan fingerprint density at radius 1 is 0.822 bits per heavy atom. The molecule has 3 aliphatic rings. The number of esters is 1. The molecule has 7 rings (SSSR count). The molecule has 0 radical (unpaired) electrons. The lowest BCUT2D eigenvalue weighted by atomic mass is 9.75. The number of hydrogen-bond donors (Lipinski definition) is 1. The lowest BCUT2D eigenvalue weighted by molar-refractivity contribution is -0.137. The molecule has 2 aliphatic heterocycles. The van der Waals surface area contributed by atoms with Crippen LogP contribution in [-0.4, -0.2) is 42.6 Å². The minimum Gasteiger partial charge on any atom is -0.497 e. The molecule has 45 heavy (non-hydrogen) atoms. The van der Waals surface area contributed by atoms with Crippen molar-refractivity contribution >= 4 is 17.9 Å². The van der Waals surface area contributed by atoms with Crippen molar-refractivity contribution in [3.63, 3.8) is 0 Å². The Morgan fingerprint density at radius 2 is 1.38 bits per heavy atom. The van der Waals surface area contributed by atoms with Crippen molar-refractivity contribution in [2.75, 3.05) is 14.2 Å². The molecule has 228 valence electrons. The standard InChI is InChI=1S/C36H32N2O7/c1-42-23-13-11-22(12-14-23)21-38-34(40)36(37-35(38)41,30-19-28(30)33(39)44-25-17-15-24(43-2)16-18-25)20-29-26-7-3-5-9-31(26)45-32-10-6-4-8-27(29)32/h3-18,28-30H,19-21H2,1-2H3,(H,37,41)/t28-,30-,36-/m0/s1. The number of fused-ring (bicyclic) bond motifs is 2. The topological polar surface area (TPSA) is 103 Å². The molecule has 2 heterocycles. The van der Waals surface area contributed by atoms with Gasteiger partial charge < -0.3 is 24.3 Å². The zero-order valence-electron chi connectivity index (χ0n) is 24.9. The van der Waals surface area contributed by atoms with E-state index in [0.717, 1.165) is 16.7 Å². The van der Waals surface area contributed by atoms with E-state index >= 15 is 0 Å². The van der Waals surface area contributed by atoms with Crippen LogP contribution in [0.5, 0.6) is 28.7 Å². The first-order valence-electron chi connectivity index (χ1n) is 14.9. The van der Waals surface area contributed by atoms with Gasteiger partial charge in [0, 0.05) is 23.0 Å². The number of methoxy groups -OCH3 is 2. The maximum Gasteiger partial charge on any atom is 0.325 e. The number of nitrogens with one attached hydrogen (secondary N) is 1. The fraction of sp³-hybridized carbons (Fsp3) is 0.250. The van der Waals surface area contributed by atoms with E-state index < -0.39 is 29.4 Å². The van der Waals surface area contributed by atoms with Gasteiger partial charge in [-0.15, -0.1) is 0 Å². The zero-order chi connectivity index (χ0) is 31.1. The highest BCUT2D eigenvalue weighted by molar-refractivity contribution is 6.08. The van der Waals surface area contributed by atoms with Gasteiger partial charge in [-0.1, -0.05) is 48.5 Å². The van der Waals surface area contributed by atoms with Crippen molar-refractivity contribution in [3.05, 3.63) is 114 Å². The van der Waals surface area contributed by atoms with Gasteiger partial charge >= 0.3 is 12.0 Å². The molecule has 2 fully saturated rings. The fourth-order valence-electron chi connectivity index (χ4n) is 6.63. The van der Waals surface area contributed by atoms with E-state index in [2.05, 4.69) is 5.32 Å². The summed E-state index contributed by atoms with van der Waals surface area (Å²) < 4.78 is 22.4. The fourth-order valence-corrected chi connectivity index (χ4v) is 6.63. The van der Waals surface area contributed by atoms with Gasteiger partial charge in [-0.05, 0) is 66.9 Å². The number of carbonyl (C=O) groups is 3. The SMILES string of the molecule is COc1ccc(CN2C(=O)N[C@@](CC3c4ccccc4Oc4ccccc43)([C@H]3C[C@@H]3C(=O)Oc3ccc(OC)cc3)C2=O)cc1. The molecule has 0 spiro atoms. The smallest absolute Gasteiger partial charge is 0.325 e. The van der Waals surface area contributed by atoms with E-state index in [1.54, 1.807) is 50.6 Å². The van der Waals surface area contributed by atoms with E-state index in [1.807, 2.05) is 60.7 Å². The first-order valence-corrected chi connectivity index (χ1v) is 14.9. The summed E-state index contributed by atoms with van der Waals surface area (Å²) in [4.78, 5) is 42.9. The number of ether oxygens (including phenoxy) is 4. The molecular weight excluding hydrogens is 572 g/mol. The van der Waals surface area contributed by atoms with Crippen molar-refractivity contribution in [1.82, 2.24) is 10.2 Å². The van der Waals surface area contributed by atoms with Crippen LogP contribution in [-0.2, 0) is 16.1 Å². The van der Waals surface area contributed by atoms with Gasteiger partial charge in [0.05, 0.1) is 26.7 Å². The van der Waals surface area contributed by atoms with Crippen molar-refractivity contribution < 1.29 is 33.3 Å². The normalized spacial score (nSPS) is 21.7. The highest BCUT2D eigenvalue weighted by Crippen LogP contribution is 2.56. The number of imide groups is 1. The third-order valence-electron chi connectivity index (χ3n) is 9.04.